The maximum absolute atomic E-state index is 12.3. The van der Waals surface area contributed by atoms with E-state index in [4.69, 9.17) is 5.73 Å². The molecule has 19 heavy (non-hydrogen) atoms. The van der Waals surface area contributed by atoms with E-state index in [0.717, 1.165) is 12.2 Å². The summed E-state index contributed by atoms with van der Waals surface area (Å²) in [6.45, 7) is 2.92. The van der Waals surface area contributed by atoms with Crippen LogP contribution in [-0.2, 0) is 4.79 Å². The number of β-amino-alcohol motifs (C(OH)–C–C–N with tert-alkyl or cyclic N) is 1. The molecule has 1 heterocycles. The first-order chi connectivity index (χ1) is 8.95. The third kappa shape index (κ3) is 4.91. The lowest BCUT2D eigenvalue weighted by Crippen LogP contribution is -2.54. The van der Waals surface area contributed by atoms with Gasteiger partial charge < -0.3 is 21.1 Å². The highest BCUT2D eigenvalue weighted by Gasteiger charge is 2.31. The molecule has 7 heteroatoms. The van der Waals surface area contributed by atoms with Crippen LogP contribution in [0.1, 0.15) is 19.8 Å². The summed E-state index contributed by atoms with van der Waals surface area (Å²) < 4.78 is 0. The van der Waals surface area contributed by atoms with Crippen LogP contribution >= 0.6 is 11.8 Å². The summed E-state index contributed by atoms with van der Waals surface area (Å²) in [7, 11) is 0. The Bertz CT molecular complexity index is 327. The molecule has 6 nitrogen and oxygen atoms in total. The van der Waals surface area contributed by atoms with Gasteiger partial charge in [0.1, 0.15) is 6.04 Å². The molecule has 1 aliphatic rings. The number of amides is 3. The van der Waals surface area contributed by atoms with Crippen molar-refractivity contribution in [3.63, 3.8) is 0 Å². The second-order valence-electron chi connectivity index (χ2n) is 4.96. The molecule has 3 unspecified atom stereocenters. The minimum atomic E-state index is -0.689. The zero-order valence-corrected chi connectivity index (χ0v) is 12.3. The van der Waals surface area contributed by atoms with Gasteiger partial charge in [-0.1, -0.05) is 6.92 Å². The average Bonchev–Trinajstić information content (AvgIpc) is 2.36. The van der Waals surface area contributed by atoms with Gasteiger partial charge in [-0.05, 0) is 30.8 Å². The Hall–Kier alpha value is -0.950. The number of urea groups is 1. The molecule has 0 radical (unpaired) electrons. The quantitative estimate of drug-likeness (QED) is 0.664. The Balaban J connectivity index is 2.61. The highest BCUT2D eigenvalue weighted by Crippen LogP contribution is 2.18. The van der Waals surface area contributed by atoms with Gasteiger partial charge in [-0.2, -0.15) is 11.8 Å². The lowest BCUT2D eigenvalue weighted by Gasteiger charge is -2.36. The third-order valence-corrected chi connectivity index (χ3v) is 4.10. The summed E-state index contributed by atoms with van der Waals surface area (Å²) in [6, 6.07) is -1.28. The summed E-state index contributed by atoms with van der Waals surface area (Å²) in [5, 5.41) is 12.3. The second-order valence-corrected chi connectivity index (χ2v) is 5.95. The fourth-order valence-corrected chi connectivity index (χ4v) is 2.61. The SMILES string of the molecule is CSCCC(NC(N)=O)C(=O)N1CCC(C)C(O)C1. The fourth-order valence-electron chi connectivity index (χ4n) is 2.13. The van der Waals surface area contributed by atoms with E-state index in [9.17, 15) is 14.7 Å². The van der Waals surface area contributed by atoms with Crippen molar-refractivity contribution < 1.29 is 14.7 Å². The van der Waals surface area contributed by atoms with E-state index in [1.807, 2.05) is 13.2 Å². The van der Waals surface area contributed by atoms with E-state index < -0.39 is 18.2 Å². The fraction of sp³-hybridized carbons (Fsp3) is 0.833. The maximum Gasteiger partial charge on any atom is 0.312 e. The molecule has 0 aromatic carbocycles. The number of nitrogens with zero attached hydrogens (tertiary/aromatic N) is 1. The van der Waals surface area contributed by atoms with Crippen LogP contribution in [0.2, 0.25) is 0 Å². The number of nitrogens with one attached hydrogen (secondary N) is 1. The van der Waals surface area contributed by atoms with E-state index >= 15 is 0 Å². The van der Waals surface area contributed by atoms with Gasteiger partial charge in [0, 0.05) is 13.1 Å². The summed E-state index contributed by atoms with van der Waals surface area (Å²) in [4.78, 5) is 24.9. The largest absolute Gasteiger partial charge is 0.391 e. The summed E-state index contributed by atoms with van der Waals surface area (Å²) in [5.41, 5.74) is 5.10. The molecule has 1 rings (SSSR count). The predicted octanol–water partition coefficient (Wildman–Crippen LogP) is 0.00570. The number of aliphatic hydroxyl groups excluding tert-OH is 1. The molecule has 1 saturated heterocycles. The zero-order chi connectivity index (χ0) is 14.4. The van der Waals surface area contributed by atoms with E-state index in [2.05, 4.69) is 5.32 Å². The van der Waals surface area contributed by atoms with Crippen molar-refractivity contribution in [2.24, 2.45) is 11.7 Å². The number of likely N-dealkylation sites (tertiary alicyclic amines) is 1. The molecule has 4 N–H and O–H groups in total. The number of hydrogen-bond acceptors (Lipinski definition) is 4. The Morgan fingerprint density at radius 1 is 1.58 bits per heavy atom. The summed E-state index contributed by atoms with van der Waals surface area (Å²) >= 11 is 1.61. The lowest BCUT2D eigenvalue weighted by molar-refractivity contribution is -0.137. The zero-order valence-electron chi connectivity index (χ0n) is 11.5. The topological polar surface area (TPSA) is 95.7 Å². The second kappa shape index (κ2) is 7.59. The van der Waals surface area contributed by atoms with Crippen LogP contribution in [0, 0.1) is 5.92 Å². The highest BCUT2D eigenvalue weighted by molar-refractivity contribution is 7.98. The van der Waals surface area contributed by atoms with Gasteiger partial charge in [0.2, 0.25) is 5.91 Å². The molecule has 0 aromatic heterocycles. The van der Waals surface area contributed by atoms with Gasteiger partial charge in [-0.25, -0.2) is 4.79 Å². The van der Waals surface area contributed by atoms with Gasteiger partial charge >= 0.3 is 6.03 Å². The van der Waals surface area contributed by atoms with Crippen LogP contribution in [0.15, 0.2) is 0 Å². The number of carbonyl (C=O) groups excluding carboxylic acids is 2. The normalized spacial score (nSPS) is 24.9. The number of thioether (sulfide) groups is 1. The number of hydrogen-bond donors (Lipinski definition) is 3. The van der Waals surface area contributed by atoms with Crippen molar-refractivity contribution in [2.75, 3.05) is 25.1 Å². The number of primary amides is 1. The van der Waals surface area contributed by atoms with E-state index in [1.54, 1.807) is 16.7 Å². The van der Waals surface area contributed by atoms with Crippen LogP contribution in [-0.4, -0.2) is 59.2 Å². The first kappa shape index (κ1) is 16.1. The molecule has 0 spiro atoms. The molecule has 3 amide bonds. The monoisotopic (exact) mass is 289 g/mol. The van der Waals surface area contributed by atoms with Crippen LogP contribution in [0.25, 0.3) is 0 Å². The molecule has 0 bridgehead atoms. The van der Waals surface area contributed by atoms with Gasteiger partial charge in [-0.3, -0.25) is 4.79 Å². The maximum atomic E-state index is 12.3. The molecular weight excluding hydrogens is 266 g/mol. The molecule has 0 aromatic rings. The van der Waals surface area contributed by atoms with Gasteiger partial charge in [0.15, 0.2) is 0 Å². The van der Waals surface area contributed by atoms with Gasteiger partial charge in [0.05, 0.1) is 6.10 Å². The molecular formula is C12H23N3O3S. The van der Waals surface area contributed by atoms with Crippen molar-refractivity contribution in [3.8, 4) is 0 Å². The number of rotatable bonds is 5. The molecule has 110 valence electrons. The Morgan fingerprint density at radius 2 is 2.26 bits per heavy atom. The van der Waals surface area contributed by atoms with Crippen LogP contribution in [0.4, 0.5) is 4.79 Å². The van der Waals surface area contributed by atoms with Gasteiger partial charge in [0.25, 0.3) is 0 Å². The first-order valence-corrected chi connectivity index (χ1v) is 7.86. The minimum Gasteiger partial charge on any atom is -0.391 e. The van der Waals surface area contributed by atoms with E-state index in [0.29, 0.717) is 19.5 Å². The Labute approximate surface area is 118 Å². The summed E-state index contributed by atoms with van der Waals surface area (Å²) in [5.74, 6) is 0.820. The van der Waals surface area contributed by atoms with Crippen molar-refractivity contribution in [3.05, 3.63) is 0 Å². The lowest BCUT2D eigenvalue weighted by atomic mass is 9.95. The predicted molar refractivity (Wildman–Crippen MR) is 75.9 cm³/mol. The third-order valence-electron chi connectivity index (χ3n) is 3.46. The van der Waals surface area contributed by atoms with E-state index in [1.165, 1.54) is 0 Å². The smallest absolute Gasteiger partial charge is 0.312 e. The molecule has 0 saturated carbocycles. The molecule has 3 atom stereocenters. The van der Waals surface area contributed by atoms with Crippen LogP contribution < -0.4 is 11.1 Å². The Morgan fingerprint density at radius 3 is 2.79 bits per heavy atom. The molecule has 1 fully saturated rings. The molecule has 0 aliphatic carbocycles. The molecule has 1 aliphatic heterocycles. The first-order valence-electron chi connectivity index (χ1n) is 6.47. The van der Waals surface area contributed by atoms with Crippen molar-refractivity contribution in [1.29, 1.82) is 0 Å². The standard InChI is InChI=1S/C12H23N3O3S/c1-8-3-5-15(7-10(8)16)11(17)9(4-6-19-2)14-12(13)18/h8-10,16H,3-7H2,1-2H3,(H3,13,14,18). The van der Waals surface area contributed by atoms with Crippen molar-refractivity contribution in [2.45, 2.75) is 31.9 Å². The van der Waals surface area contributed by atoms with E-state index in [-0.39, 0.29) is 11.8 Å². The van der Waals surface area contributed by atoms with Crippen LogP contribution in [0.3, 0.4) is 0 Å². The highest BCUT2D eigenvalue weighted by atomic mass is 32.2. The number of piperidine rings is 1. The van der Waals surface area contributed by atoms with Crippen molar-refractivity contribution in [1.82, 2.24) is 10.2 Å². The summed E-state index contributed by atoms with van der Waals surface area (Å²) in [6.07, 6.45) is 2.77. The minimum absolute atomic E-state index is 0.154. The number of carbonyl (C=O) groups is 2. The van der Waals surface area contributed by atoms with Gasteiger partial charge in [-0.15, -0.1) is 0 Å². The average molecular weight is 289 g/mol. The number of nitrogens with two attached hydrogens (primary N) is 1. The van der Waals surface area contributed by atoms with Crippen LogP contribution in [0.5, 0.6) is 0 Å². The van der Waals surface area contributed by atoms with Crippen molar-refractivity contribution >= 4 is 23.7 Å². The Kier molecular flexibility index (Phi) is 6.44. The number of aliphatic hydroxyl groups is 1.